The zero-order chi connectivity index (χ0) is 7.54. The van der Waals surface area contributed by atoms with Gasteiger partial charge in [-0.3, -0.25) is 0 Å². The molecule has 0 saturated heterocycles. The fourth-order valence-electron chi connectivity index (χ4n) is 0.138. The van der Waals surface area contributed by atoms with Gasteiger partial charge in [-0.05, 0) is 6.92 Å². The summed E-state index contributed by atoms with van der Waals surface area (Å²) in [5, 5.41) is 13.3. The molecule has 0 fully saturated rings. The van der Waals surface area contributed by atoms with Gasteiger partial charge in [-0.1, -0.05) is 13.8 Å². The van der Waals surface area contributed by atoms with Crippen LogP contribution in [0.2, 0.25) is 0 Å². The molecule has 3 nitrogen and oxygen atoms in total. The molecule has 0 aromatic carbocycles. The highest BCUT2D eigenvalue weighted by Gasteiger charge is 1.53. The van der Waals surface area contributed by atoms with Crippen molar-refractivity contribution in [2.24, 2.45) is 10.2 Å². The van der Waals surface area contributed by atoms with Crippen molar-refractivity contribution in [3.8, 4) is 0 Å². The Labute approximate surface area is 56.0 Å². The Morgan fingerprint density at radius 3 is 2.11 bits per heavy atom. The first-order valence-corrected chi connectivity index (χ1v) is 2.92. The van der Waals surface area contributed by atoms with Gasteiger partial charge in [-0.15, -0.1) is 0 Å². The quantitative estimate of drug-likeness (QED) is 0.434. The van der Waals surface area contributed by atoms with Gasteiger partial charge < -0.3 is 5.41 Å². The highest BCUT2D eigenvalue weighted by Crippen LogP contribution is 1.60. The Hall–Kier alpha value is -0.990. The summed E-state index contributed by atoms with van der Waals surface area (Å²) >= 11 is 0. The van der Waals surface area contributed by atoms with Gasteiger partial charge in [0.15, 0.2) is 0 Å². The smallest absolute Gasteiger partial charge is 0.0671 e. The van der Waals surface area contributed by atoms with Crippen LogP contribution >= 0.6 is 0 Å². The highest BCUT2D eigenvalue weighted by molar-refractivity contribution is 6.14. The third-order valence-corrected chi connectivity index (χ3v) is 0.323. The van der Waals surface area contributed by atoms with Crippen LogP contribution in [0.25, 0.3) is 0 Å². The monoisotopic (exact) mass is 127 g/mol. The van der Waals surface area contributed by atoms with E-state index < -0.39 is 0 Å². The molecule has 0 heterocycles. The van der Waals surface area contributed by atoms with Crippen LogP contribution in [0.3, 0.4) is 0 Å². The minimum atomic E-state index is 1.08. The lowest BCUT2D eigenvalue weighted by molar-refractivity contribution is 1.27. The molecule has 0 unspecified atom stereocenters. The molecule has 1 N–H and O–H groups in total. The summed E-state index contributed by atoms with van der Waals surface area (Å²) in [4.78, 5) is 0. The predicted molar refractivity (Wildman–Crippen MR) is 42.8 cm³/mol. The zero-order valence-electron chi connectivity index (χ0n) is 6.13. The molecule has 0 radical (unpaired) electrons. The molecule has 0 aliphatic carbocycles. The predicted octanol–water partition coefficient (Wildman–Crippen LogP) is 1.74. The minimum Gasteiger partial charge on any atom is -0.307 e. The molecule has 0 atom stereocenters. The first-order chi connectivity index (χ1) is 4.41. The minimum absolute atomic E-state index is 1.08. The van der Waals surface area contributed by atoms with Gasteiger partial charge in [0.05, 0.1) is 6.21 Å². The maximum absolute atomic E-state index is 6.43. The third-order valence-electron chi connectivity index (χ3n) is 0.323. The molecule has 0 spiro atoms. The summed E-state index contributed by atoms with van der Waals surface area (Å²) in [6, 6.07) is 0. The number of hydrogen-bond acceptors (Lipinski definition) is 3. The van der Waals surface area contributed by atoms with E-state index in [4.69, 9.17) is 5.41 Å². The van der Waals surface area contributed by atoms with Gasteiger partial charge in [-0.25, -0.2) is 0 Å². The lowest BCUT2D eigenvalue weighted by Gasteiger charge is -1.65. The van der Waals surface area contributed by atoms with Gasteiger partial charge in [0.1, 0.15) is 0 Å². The summed E-state index contributed by atoms with van der Waals surface area (Å²) in [5.41, 5.74) is 0. The van der Waals surface area contributed by atoms with Gasteiger partial charge in [-0.2, -0.15) is 10.2 Å². The van der Waals surface area contributed by atoms with Crippen LogP contribution in [0.4, 0.5) is 0 Å². The van der Waals surface area contributed by atoms with E-state index in [1.807, 2.05) is 13.8 Å². The van der Waals surface area contributed by atoms with Crippen molar-refractivity contribution < 1.29 is 0 Å². The number of nitrogens with zero attached hydrogens (tertiary/aromatic N) is 2. The average Bonchev–Trinajstić information content (AvgIpc) is 1.94. The van der Waals surface area contributed by atoms with Crippen molar-refractivity contribution in [1.29, 1.82) is 5.41 Å². The fraction of sp³-hybridized carbons (Fsp3) is 0.500. The number of rotatable bonds is 2. The highest BCUT2D eigenvalue weighted by atomic mass is 15.2. The maximum atomic E-state index is 6.43. The van der Waals surface area contributed by atoms with Gasteiger partial charge in [0.2, 0.25) is 0 Å². The van der Waals surface area contributed by atoms with Crippen LogP contribution in [0.1, 0.15) is 20.8 Å². The van der Waals surface area contributed by atoms with Crippen molar-refractivity contribution >= 4 is 18.6 Å². The molecule has 0 rings (SSSR count). The van der Waals surface area contributed by atoms with Crippen molar-refractivity contribution in [3.63, 3.8) is 0 Å². The molecular formula is C6H13N3. The second-order valence-electron chi connectivity index (χ2n) is 0.805. The van der Waals surface area contributed by atoms with E-state index in [1.54, 1.807) is 13.1 Å². The standard InChI is InChI=1S/C4H7N3.C2H6/c1-2-6-7-4-3-5;1-2/h2-5H,1H3;1-2H3/b5-3?,6-2-,7-4-;. The zero-order valence-corrected chi connectivity index (χ0v) is 6.13. The van der Waals surface area contributed by atoms with E-state index in [0.717, 1.165) is 6.21 Å². The van der Waals surface area contributed by atoms with Crippen molar-refractivity contribution in [3.05, 3.63) is 0 Å². The van der Waals surface area contributed by atoms with Crippen LogP contribution in [0.15, 0.2) is 10.2 Å². The average molecular weight is 127 g/mol. The van der Waals surface area contributed by atoms with Crippen LogP contribution in [0.5, 0.6) is 0 Å². The van der Waals surface area contributed by atoms with E-state index >= 15 is 0 Å². The molecule has 0 bridgehead atoms. The molecule has 0 aromatic rings. The van der Waals surface area contributed by atoms with Crippen molar-refractivity contribution in [2.75, 3.05) is 0 Å². The first-order valence-electron chi connectivity index (χ1n) is 2.92. The van der Waals surface area contributed by atoms with E-state index in [9.17, 15) is 0 Å². The van der Waals surface area contributed by atoms with Crippen LogP contribution < -0.4 is 0 Å². The summed E-state index contributed by atoms with van der Waals surface area (Å²) in [6.07, 6.45) is 3.94. The number of nitrogens with one attached hydrogen (secondary N) is 1. The van der Waals surface area contributed by atoms with Crippen molar-refractivity contribution in [2.45, 2.75) is 20.8 Å². The topological polar surface area (TPSA) is 48.6 Å². The summed E-state index contributed by atoms with van der Waals surface area (Å²) in [6.45, 7) is 5.77. The Morgan fingerprint density at radius 1 is 1.22 bits per heavy atom. The second-order valence-corrected chi connectivity index (χ2v) is 0.805. The van der Waals surface area contributed by atoms with Crippen LogP contribution in [-0.2, 0) is 0 Å². The molecule has 0 aliphatic rings. The molecule has 0 amide bonds. The van der Waals surface area contributed by atoms with E-state index in [0.29, 0.717) is 0 Å². The van der Waals surface area contributed by atoms with Crippen LogP contribution in [0, 0.1) is 5.41 Å². The lowest BCUT2D eigenvalue weighted by Crippen LogP contribution is -1.66. The SMILES string of the molecule is C/C=N\N=C/C=N.CC. The Balaban J connectivity index is 0. The molecule has 3 heteroatoms. The summed E-state index contributed by atoms with van der Waals surface area (Å²) in [7, 11) is 0. The van der Waals surface area contributed by atoms with Gasteiger partial charge in [0.25, 0.3) is 0 Å². The van der Waals surface area contributed by atoms with Gasteiger partial charge in [0, 0.05) is 12.4 Å². The molecule has 0 aromatic heterocycles. The Morgan fingerprint density at radius 2 is 1.78 bits per heavy atom. The second kappa shape index (κ2) is 15.7. The van der Waals surface area contributed by atoms with Crippen LogP contribution in [-0.4, -0.2) is 18.6 Å². The normalized spacial score (nSPS) is 9.22. The Kier molecular flexibility index (Phi) is 19.1. The van der Waals surface area contributed by atoms with Crippen molar-refractivity contribution in [1.82, 2.24) is 0 Å². The maximum Gasteiger partial charge on any atom is 0.0671 e. The molecule has 52 valence electrons. The molecular weight excluding hydrogens is 114 g/mol. The summed E-state index contributed by atoms with van der Waals surface area (Å²) in [5.74, 6) is 0. The fourth-order valence-corrected chi connectivity index (χ4v) is 0.138. The molecule has 0 aliphatic heterocycles. The summed E-state index contributed by atoms with van der Waals surface area (Å²) < 4.78 is 0. The van der Waals surface area contributed by atoms with E-state index in [1.165, 1.54) is 6.21 Å². The first kappa shape index (κ1) is 10.9. The van der Waals surface area contributed by atoms with E-state index in [2.05, 4.69) is 10.2 Å². The molecule has 0 saturated carbocycles. The van der Waals surface area contributed by atoms with Gasteiger partial charge >= 0.3 is 0 Å². The molecule has 9 heavy (non-hydrogen) atoms. The Bertz CT molecular complexity index is 94.5. The third kappa shape index (κ3) is 19.4. The number of hydrogen-bond donors (Lipinski definition) is 1. The largest absolute Gasteiger partial charge is 0.307 e. The lowest BCUT2D eigenvalue weighted by atomic mass is 10.8. The van der Waals surface area contributed by atoms with E-state index in [-0.39, 0.29) is 0 Å².